The minimum atomic E-state index is 0.0671. The third-order valence-electron chi connectivity index (χ3n) is 4.68. The molecule has 1 amide bonds. The van der Waals surface area contributed by atoms with Gasteiger partial charge in [-0.25, -0.2) is 0 Å². The van der Waals surface area contributed by atoms with Gasteiger partial charge in [-0.2, -0.15) is 0 Å². The lowest BCUT2D eigenvalue weighted by atomic mass is 9.95. The number of carbonyl (C=O) groups excluding carboxylic acids is 1. The molecule has 3 rings (SSSR count). The largest absolute Gasteiger partial charge is 0.494 e. The van der Waals surface area contributed by atoms with Gasteiger partial charge in [0.25, 0.3) is 0 Å². The van der Waals surface area contributed by atoms with Crippen LogP contribution in [0.4, 0.5) is 11.4 Å². The van der Waals surface area contributed by atoms with Crippen molar-refractivity contribution in [2.75, 3.05) is 29.9 Å². The van der Waals surface area contributed by atoms with Crippen LogP contribution in [0.15, 0.2) is 48.5 Å². The summed E-state index contributed by atoms with van der Waals surface area (Å²) in [5.74, 6) is 0.962. The van der Waals surface area contributed by atoms with E-state index in [9.17, 15) is 4.79 Å². The maximum Gasteiger partial charge on any atom is 0.227 e. The van der Waals surface area contributed by atoms with E-state index in [1.807, 2.05) is 31.2 Å². The van der Waals surface area contributed by atoms with Crippen LogP contribution in [0.5, 0.6) is 5.75 Å². The Balaban J connectivity index is 1.54. The molecule has 0 radical (unpaired) electrons. The number of hydrogen-bond acceptors (Lipinski definition) is 3. The summed E-state index contributed by atoms with van der Waals surface area (Å²) in [4.78, 5) is 14.9. The first-order valence-corrected chi connectivity index (χ1v) is 9.01. The second-order valence-electron chi connectivity index (χ2n) is 6.55. The number of nitrogens with zero attached hydrogens (tertiary/aromatic N) is 1. The lowest BCUT2D eigenvalue weighted by Gasteiger charge is -2.33. The van der Waals surface area contributed by atoms with Crippen molar-refractivity contribution in [1.82, 2.24) is 0 Å². The number of rotatable bonds is 5. The minimum Gasteiger partial charge on any atom is -0.494 e. The SMILES string of the molecule is CCOc1cccc(NC(=O)C2CCN(c3ccc(C)cc3)CC2)c1. The fourth-order valence-electron chi connectivity index (χ4n) is 3.23. The lowest BCUT2D eigenvalue weighted by Crippen LogP contribution is -2.38. The van der Waals surface area contributed by atoms with Crippen LogP contribution in [0.2, 0.25) is 0 Å². The Bertz CT molecular complexity index is 704. The molecule has 1 fully saturated rings. The zero-order valence-electron chi connectivity index (χ0n) is 15.0. The van der Waals surface area contributed by atoms with Crippen molar-refractivity contribution >= 4 is 17.3 Å². The maximum atomic E-state index is 12.6. The number of anilines is 2. The number of carbonyl (C=O) groups is 1. The van der Waals surface area contributed by atoms with Crippen LogP contribution in [-0.4, -0.2) is 25.6 Å². The van der Waals surface area contributed by atoms with Gasteiger partial charge in [-0.15, -0.1) is 0 Å². The molecule has 0 unspecified atom stereocenters. The summed E-state index contributed by atoms with van der Waals surface area (Å²) in [7, 11) is 0. The molecule has 4 heteroatoms. The zero-order valence-corrected chi connectivity index (χ0v) is 15.0. The molecule has 1 saturated heterocycles. The van der Waals surface area contributed by atoms with Crippen molar-refractivity contribution in [3.05, 3.63) is 54.1 Å². The molecule has 2 aromatic rings. The highest BCUT2D eigenvalue weighted by Crippen LogP contribution is 2.25. The Labute approximate surface area is 149 Å². The molecule has 0 atom stereocenters. The van der Waals surface area contributed by atoms with Crippen LogP contribution in [0.3, 0.4) is 0 Å². The van der Waals surface area contributed by atoms with E-state index in [1.54, 1.807) is 0 Å². The van der Waals surface area contributed by atoms with Crippen LogP contribution in [0.25, 0.3) is 0 Å². The molecule has 1 aliphatic heterocycles. The first-order chi connectivity index (χ1) is 12.2. The molecule has 0 spiro atoms. The number of amides is 1. The highest BCUT2D eigenvalue weighted by molar-refractivity contribution is 5.92. The Kier molecular flexibility index (Phi) is 5.59. The van der Waals surface area contributed by atoms with Crippen LogP contribution in [-0.2, 0) is 4.79 Å². The number of hydrogen-bond donors (Lipinski definition) is 1. The molecular weight excluding hydrogens is 312 g/mol. The summed E-state index contributed by atoms with van der Waals surface area (Å²) < 4.78 is 5.49. The van der Waals surface area contributed by atoms with Crippen LogP contribution < -0.4 is 15.0 Å². The van der Waals surface area contributed by atoms with Gasteiger partial charge in [0.15, 0.2) is 0 Å². The standard InChI is InChI=1S/C21H26N2O2/c1-3-25-20-6-4-5-18(15-20)22-21(24)17-11-13-23(14-12-17)19-9-7-16(2)8-10-19/h4-10,15,17H,3,11-14H2,1-2H3,(H,22,24). The van der Waals surface area contributed by atoms with Gasteiger partial charge in [-0.05, 0) is 51.0 Å². The smallest absolute Gasteiger partial charge is 0.227 e. The van der Waals surface area contributed by atoms with Crippen molar-refractivity contribution in [2.24, 2.45) is 5.92 Å². The number of ether oxygens (including phenoxy) is 1. The van der Waals surface area contributed by atoms with E-state index in [0.29, 0.717) is 6.61 Å². The van der Waals surface area contributed by atoms with Crippen LogP contribution in [0, 0.1) is 12.8 Å². The summed E-state index contributed by atoms with van der Waals surface area (Å²) in [5, 5.41) is 3.04. The van der Waals surface area contributed by atoms with E-state index in [2.05, 4.69) is 41.4 Å². The molecular formula is C21H26N2O2. The van der Waals surface area contributed by atoms with Crippen molar-refractivity contribution in [1.29, 1.82) is 0 Å². The first-order valence-electron chi connectivity index (χ1n) is 9.01. The summed E-state index contributed by atoms with van der Waals surface area (Å²) in [6.07, 6.45) is 1.76. The normalized spacial score (nSPS) is 15.0. The summed E-state index contributed by atoms with van der Waals surface area (Å²) in [6, 6.07) is 16.2. The predicted molar refractivity (Wildman–Crippen MR) is 102 cm³/mol. The van der Waals surface area contributed by atoms with Crippen LogP contribution >= 0.6 is 0 Å². The summed E-state index contributed by atoms with van der Waals surface area (Å²) in [5.41, 5.74) is 3.32. The molecule has 2 aromatic carbocycles. The average molecular weight is 338 g/mol. The number of aryl methyl sites for hydroxylation is 1. The third-order valence-corrected chi connectivity index (χ3v) is 4.68. The predicted octanol–water partition coefficient (Wildman–Crippen LogP) is 4.25. The Hall–Kier alpha value is -2.49. The van der Waals surface area contributed by atoms with Gasteiger partial charge in [0.2, 0.25) is 5.91 Å². The third kappa shape index (κ3) is 4.53. The fraction of sp³-hybridized carbons (Fsp3) is 0.381. The monoisotopic (exact) mass is 338 g/mol. The Morgan fingerprint density at radius 1 is 1.16 bits per heavy atom. The van der Waals surface area contributed by atoms with Gasteiger partial charge in [0.05, 0.1) is 6.61 Å². The molecule has 0 aromatic heterocycles. The van der Waals surface area contributed by atoms with Gasteiger partial charge in [0.1, 0.15) is 5.75 Å². The average Bonchev–Trinajstić information content (AvgIpc) is 2.63. The van der Waals surface area contributed by atoms with Gasteiger partial charge in [-0.1, -0.05) is 23.8 Å². The van der Waals surface area contributed by atoms with E-state index >= 15 is 0 Å². The fourth-order valence-corrected chi connectivity index (χ4v) is 3.23. The van der Waals surface area contributed by atoms with E-state index < -0.39 is 0 Å². The second kappa shape index (κ2) is 8.06. The molecule has 1 heterocycles. The van der Waals surface area contributed by atoms with Gasteiger partial charge in [-0.3, -0.25) is 4.79 Å². The summed E-state index contributed by atoms with van der Waals surface area (Å²) in [6.45, 7) is 6.50. The lowest BCUT2D eigenvalue weighted by molar-refractivity contribution is -0.120. The first kappa shape index (κ1) is 17.3. The van der Waals surface area contributed by atoms with E-state index in [4.69, 9.17) is 4.74 Å². The van der Waals surface area contributed by atoms with Gasteiger partial charge < -0.3 is 15.0 Å². The second-order valence-corrected chi connectivity index (χ2v) is 6.55. The molecule has 1 N–H and O–H groups in total. The quantitative estimate of drug-likeness (QED) is 0.886. The Morgan fingerprint density at radius 2 is 1.88 bits per heavy atom. The van der Waals surface area contributed by atoms with Crippen molar-refractivity contribution < 1.29 is 9.53 Å². The highest BCUT2D eigenvalue weighted by atomic mass is 16.5. The molecule has 0 aliphatic carbocycles. The van der Waals surface area contributed by atoms with Gasteiger partial charge in [0, 0.05) is 36.4 Å². The molecule has 0 saturated carbocycles. The number of piperidine rings is 1. The van der Waals surface area contributed by atoms with Crippen molar-refractivity contribution in [3.8, 4) is 5.75 Å². The maximum absolute atomic E-state index is 12.6. The van der Waals surface area contributed by atoms with Gasteiger partial charge >= 0.3 is 0 Å². The van der Waals surface area contributed by atoms with Crippen molar-refractivity contribution in [3.63, 3.8) is 0 Å². The topological polar surface area (TPSA) is 41.6 Å². The van der Waals surface area contributed by atoms with E-state index in [-0.39, 0.29) is 11.8 Å². The number of benzene rings is 2. The Morgan fingerprint density at radius 3 is 2.56 bits per heavy atom. The number of nitrogens with one attached hydrogen (secondary N) is 1. The molecule has 132 valence electrons. The highest BCUT2D eigenvalue weighted by Gasteiger charge is 2.25. The minimum absolute atomic E-state index is 0.0671. The van der Waals surface area contributed by atoms with E-state index in [1.165, 1.54) is 11.3 Å². The van der Waals surface area contributed by atoms with Crippen LogP contribution in [0.1, 0.15) is 25.3 Å². The molecule has 0 bridgehead atoms. The molecule has 4 nitrogen and oxygen atoms in total. The zero-order chi connectivity index (χ0) is 17.6. The van der Waals surface area contributed by atoms with E-state index in [0.717, 1.165) is 37.4 Å². The molecule has 1 aliphatic rings. The summed E-state index contributed by atoms with van der Waals surface area (Å²) >= 11 is 0. The molecule has 25 heavy (non-hydrogen) atoms. The van der Waals surface area contributed by atoms with Crippen molar-refractivity contribution in [2.45, 2.75) is 26.7 Å².